The summed E-state index contributed by atoms with van der Waals surface area (Å²) in [5.41, 5.74) is 0. The quantitative estimate of drug-likeness (QED) is 0.880. The average molecular weight is 366 g/mol. The molecule has 2 saturated heterocycles. The van der Waals surface area contributed by atoms with Crippen molar-refractivity contribution in [3.8, 4) is 0 Å². The molecule has 1 aromatic rings. The van der Waals surface area contributed by atoms with Crippen LogP contribution in [0.3, 0.4) is 0 Å². The van der Waals surface area contributed by atoms with Crippen LogP contribution in [0.5, 0.6) is 0 Å². The Bertz CT molecular complexity index is 575. The van der Waals surface area contributed by atoms with Gasteiger partial charge in [0.25, 0.3) is 0 Å². The first-order valence-corrected chi connectivity index (χ1v) is 10.3. The molecule has 7 nitrogen and oxygen atoms in total. The van der Waals surface area contributed by atoms with Crippen LogP contribution in [0.25, 0.3) is 0 Å². The van der Waals surface area contributed by atoms with Crippen molar-refractivity contribution in [3.05, 3.63) is 0 Å². The molecule has 0 atom stereocenters. The number of aromatic nitrogens is 2. The third-order valence-electron chi connectivity index (χ3n) is 5.66. The second-order valence-electron chi connectivity index (χ2n) is 7.23. The second-order valence-corrected chi connectivity index (χ2v) is 8.18. The van der Waals surface area contributed by atoms with Crippen LogP contribution in [0.1, 0.15) is 38.5 Å². The van der Waals surface area contributed by atoms with E-state index < -0.39 is 0 Å². The first kappa shape index (κ1) is 17.2. The molecular formula is C17H27N5O2S. The summed E-state index contributed by atoms with van der Waals surface area (Å²) in [4.78, 5) is 17.2. The lowest BCUT2D eigenvalue weighted by Crippen LogP contribution is -2.49. The van der Waals surface area contributed by atoms with Gasteiger partial charge in [0.15, 0.2) is 0 Å². The van der Waals surface area contributed by atoms with Gasteiger partial charge in [0.05, 0.1) is 0 Å². The van der Waals surface area contributed by atoms with Gasteiger partial charge in [-0.25, -0.2) is 0 Å². The predicted molar refractivity (Wildman–Crippen MR) is 98.1 cm³/mol. The lowest BCUT2D eigenvalue weighted by molar-refractivity contribution is -0.122. The highest BCUT2D eigenvalue weighted by Gasteiger charge is 2.28. The van der Waals surface area contributed by atoms with E-state index in [9.17, 15) is 4.79 Å². The van der Waals surface area contributed by atoms with Crippen molar-refractivity contribution in [2.45, 2.75) is 44.6 Å². The van der Waals surface area contributed by atoms with E-state index in [-0.39, 0.29) is 11.8 Å². The Morgan fingerprint density at radius 2 is 1.76 bits per heavy atom. The number of amides is 1. The highest BCUT2D eigenvalue weighted by molar-refractivity contribution is 7.19. The first-order valence-electron chi connectivity index (χ1n) is 9.51. The number of ether oxygens (including phenoxy) is 1. The summed E-state index contributed by atoms with van der Waals surface area (Å²) in [7, 11) is 0. The zero-order chi connectivity index (χ0) is 17.1. The zero-order valence-electron chi connectivity index (χ0n) is 14.7. The van der Waals surface area contributed by atoms with Gasteiger partial charge < -0.3 is 15.0 Å². The van der Waals surface area contributed by atoms with E-state index in [1.165, 1.54) is 37.0 Å². The second kappa shape index (κ2) is 7.97. The van der Waals surface area contributed by atoms with Crippen molar-refractivity contribution >= 4 is 27.5 Å². The molecule has 1 aromatic heterocycles. The van der Waals surface area contributed by atoms with Gasteiger partial charge in [0, 0.05) is 51.4 Å². The molecule has 1 aliphatic carbocycles. The van der Waals surface area contributed by atoms with Gasteiger partial charge in [0.2, 0.25) is 16.2 Å². The van der Waals surface area contributed by atoms with Crippen LogP contribution in [0.15, 0.2) is 0 Å². The summed E-state index contributed by atoms with van der Waals surface area (Å²) in [6.07, 6.45) is 7.08. The third kappa shape index (κ3) is 4.12. The fraction of sp³-hybridized carbons (Fsp3) is 0.824. The van der Waals surface area contributed by atoms with Gasteiger partial charge in [-0.2, -0.15) is 0 Å². The van der Waals surface area contributed by atoms with Crippen LogP contribution in [0, 0.1) is 5.92 Å². The molecular weight excluding hydrogens is 338 g/mol. The monoisotopic (exact) mass is 365 g/mol. The molecule has 138 valence electrons. The molecule has 3 aliphatic rings. The van der Waals surface area contributed by atoms with E-state index in [0.717, 1.165) is 50.2 Å². The third-order valence-corrected chi connectivity index (χ3v) is 6.56. The number of anilines is 2. The Morgan fingerprint density at radius 3 is 2.48 bits per heavy atom. The lowest BCUT2D eigenvalue weighted by Gasteiger charge is -2.37. The van der Waals surface area contributed by atoms with E-state index in [1.807, 2.05) is 0 Å². The Balaban J connectivity index is 1.28. The molecule has 0 spiro atoms. The Kier molecular flexibility index (Phi) is 5.48. The number of carbonyl (C=O) groups is 1. The maximum Gasteiger partial charge on any atom is 0.229 e. The van der Waals surface area contributed by atoms with Gasteiger partial charge >= 0.3 is 0 Å². The smallest absolute Gasteiger partial charge is 0.229 e. The lowest BCUT2D eigenvalue weighted by atomic mass is 10.00. The average Bonchev–Trinajstić information content (AvgIpc) is 3.35. The molecule has 4 rings (SSSR count). The minimum absolute atomic E-state index is 0.0380. The predicted octanol–water partition coefficient (Wildman–Crippen LogP) is 1.97. The summed E-state index contributed by atoms with van der Waals surface area (Å²) in [5, 5.41) is 12.9. The minimum Gasteiger partial charge on any atom is -0.381 e. The maximum atomic E-state index is 12.3. The summed E-state index contributed by atoms with van der Waals surface area (Å²) < 4.78 is 5.31. The Morgan fingerprint density at radius 1 is 1.04 bits per heavy atom. The standard InChI is InChI=1S/C17H27N5O2S/c23-15(13-5-11-24-12-6-13)18-16-19-20-17(25-16)22-9-7-21(8-10-22)14-3-1-2-4-14/h13-14H,1-12H2,(H,18,19,23). The van der Waals surface area contributed by atoms with Crippen LogP contribution >= 0.6 is 11.3 Å². The molecule has 3 heterocycles. The van der Waals surface area contributed by atoms with Crippen molar-refractivity contribution in [1.82, 2.24) is 15.1 Å². The van der Waals surface area contributed by atoms with Crippen molar-refractivity contribution in [2.24, 2.45) is 5.92 Å². The molecule has 3 fully saturated rings. The fourth-order valence-corrected chi connectivity index (χ4v) is 4.91. The summed E-state index contributed by atoms with van der Waals surface area (Å²) in [5.74, 6) is 0.0908. The zero-order valence-corrected chi connectivity index (χ0v) is 15.5. The van der Waals surface area contributed by atoms with Gasteiger partial charge in [-0.3, -0.25) is 9.69 Å². The summed E-state index contributed by atoms with van der Waals surface area (Å²) in [6.45, 7) is 5.55. The van der Waals surface area contributed by atoms with Crippen molar-refractivity contribution in [1.29, 1.82) is 0 Å². The van der Waals surface area contributed by atoms with Gasteiger partial charge in [-0.15, -0.1) is 10.2 Å². The van der Waals surface area contributed by atoms with Crippen LogP contribution < -0.4 is 10.2 Å². The fourth-order valence-electron chi connectivity index (χ4n) is 4.11. The molecule has 0 unspecified atom stereocenters. The van der Waals surface area contributed by atoms with E-state index >= 15 is 0 Å². The largest absolute Gasteiger partial charge is 0.381 e. The van der Waals surface area contributed by atoms with Crippen LogP contribution in [0.4, 0.5) is 10.3 Å². The number of carbonyl (C=O) groups excluding carboxylic acids is 1. The molecule has 1 saturated carbocycles. The molecule has 0 radical (unpaired) electrons. The Hall–Kier alpha value is -1.25. The van der Waals surface area contributed by atoms with Gasteiger partial charge in [-0.05, 0) is 25.7 Å². The summed E-state index contributed by atoms with van der Waals surface area (Å²) >= 11 is 1.49. The molecule has 8 heteroatoms. The van der Waals surface area contributed by atoms with Gasteiger partial charge in [-0.1, -0.05) is 24.2 Å². The number of rotatable bonds is 4. The highest BCUT2D eigenvalue weighted by Crippen LogP contribution is 2.28. The van der Waals surface area contributed by atoms with Crippen molar-refractivity contribution < 1.29 is 9.53 Å². The van der Waals surface area contributed by atoms with Gasteiger partial charge in [0.1, 0.15) is 0 Å². The van der Waals surface area contributed by atoms with E-state index in [1.54, 1.807) is 0 Å². The van der Waals surface area contributed by atoms with E-state index in [2.05, 4.69) is 25.3 Å². The van der Waals surface area contributed by atoms with E-state index in [4.69, 9.17) is 4.74 Å². The number of nitrogens with zero attached hydrogens (tertiary/aromatic N) is 4. The Labute approximate surface area is 152 Å². The van der Waals surface area contributed by atoms with Crippen LogP contribution in [0.2, 0.25) is 0 Å². The molecule has 25 heavy (non-hydrogen) atoms. The van der Waals surface area contributed by atoms with Crippen molar-refractivity contribution in [3.63, 3.8) is 0 Å². The highest BCUT2D eigenvalue weighted by atomic mass is 32.1. The molecule has 0 bridgehead atoms. The number of piperazine rings is 1. The number of hydrogen-bond acceptors (Lipinski definition) is 7. The SMILES string of the molecule is O=C(Nc1nnc(N2CCN(C3CCCC3)CC2)s1)C1CCOCC1. The molecule has 2 aliphatic heterocycles. The topological polar surface area (TPSA) is 70.6 Å². The maximum absolute atomic E-state index is 12.3. The molecule has 1 amide bonds. The minimum atomic E-state index is 0.0380. The molecule has 1 N–H and O–H groups in total. The number of nitrogens with one attached hydrogen (secondary N) is 1. The normalized spacial score (nSPS) is 23.9. The van der Waals surface area contributed by atoms with Crippen LogP contribution in [-0.4, -0.2) is 66.4 Å². The van der Waals surface area contributed by atoms with E-state index in [0.29, 0.717) is 18.3 Å². The summed E-state index contributed by atoms with van der Waals surface area (Å²) in [6, 6.07) is 0.797. The van der Waals surface area contributed by atoms with Crippen molar-refractivity contribution in [2.75, 3.05) is 49.6 Å². The van der Waals surface area contributed by atoms with Crippen LogP contribution in [-0.2, 0) is 9.53 Å². The first-order chi connectivity index (χ1) is 12.3. The number of hydrogen-bond donors (Lipinski definition) is 1. The molecule has 0 aromatic carbocycles.